The molecule has 11 heteroatoms. The fraction of sp³-hybridized carbons (Fsp3) is 1.00. The summed E-state index contributed by atoms with van der Waals surface area (Å²) in [7, 11) is 0. The van der Waals surface area contributed by atoms with Gasteiger partial charge in [0.15, 0.2) is 0 Å². The second-order valence-corrected chi connectivity index (χ2v) is 13.0. The van der Waals surface area contributed by atoms with Crippen LogP contribution in [0.5, 0.6) is 0 Å². The molecule has 296 valence electrons. The van der Waals surface area contributed by atoms with Crippen molar-refractivity contribution in [1.29, 1.82) is 0 Å². The molecule has 0 aromatic rings. The van der Waals surface area contributed by atoms with Gasteiger partial charge in [-0.1, -0.05) is 71.1 Å². The van der Waals surface area contributed by atoms with E-state index in [1.54, 1.807) is 0 Å². The molecule has 0 rings (SSSR count). The van der Waals surface area contributed by atoms with Crippen LogP contribution in [0.15, 0.2) is 0 Å². The Kier molecular flexibility index (Phi) is 38.4. The molecule has 0 saturated carbocycles. The SMILES string of the molecule is CCCCCCCCCCCCCOCC(C)OCC(C)OCC(C)OCC(C)OCC(C)OCCOCCOCCOCCOCCO. The molecule has 5 unspecified atom stereocenters. The highest BCUT2D eigenvalue weighted by Crippen LogP contribution is 2.11. The third kappa shape index (κ3) is 38.6. The van der Waals surface area contributed by atoms with Gasteiger partial charge in [0.05, 0.1) is 130 Å². The van der Waals surface area contributed by atoms with Gasteiger partial charge in [0, 0.05) is 6.61 Å². The van der Waals surface area contributed by atoms with Crippen molar-refractivity contribution >= 4 is 0 Å². The Morgan fingerprint density at radius 3 is 1.06 bits per heavy atom. The Balaban J connectivity index is 3.55. The summed E-state index contributed by atoms with van der Waals surface area (Å²) in [5.74, 6) is 0. The molecular weight excluding hydrogens is 632 g/mol. The van der Waals surface area contributed by atoms with Gasteiger partial charge in [-0.15, -0.1) is 0 Å². The highest BCUT2D eigenvalue weighted by molar-refractivity contribution is 4.58. The summed E-state index contributed by atoms with van der Waals surface area (Å²) in [4.78, 5) is 0. The first-order valence-electron chi connectivity index (χ1n) is 19.5. The van der Waals surface area contributed by atoms with E-state index in [0.717, 1.165) is 13.0 Å². The molecule has 0 aliphatic carbocycles. The number of unbranched alkanes of at least 4 members (excludes halogenated alkanes) is 10. The van der Waals surface area contributed by atoms with Gasteiger partial charge in [-0.2, -0.15) is 0 Å². The molecular formula is C38H78O11. The quantitative estimate of drug-likeness (QED) is 0.0712. The highest BCUT2D eigenvalue weighted by Gasteiger charge is 2.13. The molecule has 0 bridgehead atoms. The van der Waals surface area contributed by atoms with Crippen LogP contribution in [-0.4, -0.2) is 141 Å². The minimum atomic E-state index is -0.0503. The molecule has 0 heterocycles. The van der Waals surface area contributed by atoms with Gasteiger partial charge in [-0.3, -0.25) is 0 Å². The Morgan fingerprint density at radius 2 is 0.653 bits per heavy atom. The van der Waals surface area contributed by atoms with Crippen LogP contribution < -0.4 is 0 Å². The fourth-order valence-electron chi connectivity index (χ4n) is 4.69. The molecule has 49 heavy (non-hydrogen) atoms. The monoisotopic (exact) mass is 711 g/mol. The van der Waals surface area contributed by atoms with Gasteiger partial charge in [0.2, 0.25) is 0 Å². The predicted molar refractivity (Wildman–Crippen MR) is 195 cm³/mol. The van der Waals surface area contributed by atoms with E-state index in [2.05, 4.69) is 13.8 Å². The van der Waals surface area contributed by atoms with Crippen LogP contribution in [0.3, 0.4) is 0 Å². The maximum atomic E-state index is 8.62. The normalized spacial score (nSPS) is 15.0. The molecule has 0 amide bonds. The van der Waals surface area contributed by atoms with Gasteiger partial charge in [-0.25, -0.2) is 0 Å². The van der Waals surface area contributed by atoms with Crippen LogP contribution in [0, 0.1) is 0 Å². The number of ether oxygens (including phenoxy) is 10. The predicted octanol–water partition coefficient (Wildman–Crippen LogP) is 6.40. The first-order chi connectivity index (χ1) is 23.9. The van der Waals surface area contributed by atoms with E-state index in [1.807, 2.05) is 27.7 Å². The maximum Gasteiger partial charge on any atom is 0.0781 e. The summed E-state index contributed by atoms with van der Waals surface area (Å²) < 4.78 is 56.7. The summed E-state index contributed by atoms with van der Waals surface area (Å²) in [5, 5.41) is 8.62. The fourth-order valence-corrected chi connectivity index (χ4v) is 4.69. The summed E-state index contributed by atoms with van der Waals surface area (Å²) in [6.07, 6.45) is 14.7. The maximum absolute atomic E-state index is 8.62. The third-order valence-electron chi connectivity index (χ3n) is 7.69. The summed E-state index contributed by atoms with van der Waals surface area (Å²) in [5.41, 5.74) is 0. The molecule has 0 aliphatic heterocycles. The van der Waals surface area contributed by atoms with Crippen molar-refractivity contribution in [2.45, 2.75) is 143 Å². The van der Waals surface area contributed by atoms with Crippen LogP contribution in [0.2, 0.25) is 0 Å². The minimum absolute atomic E-state index is 0.0163. The second kappa shape index (κ2) is 38.8. The van der Waals surface area contributed by atoms with E-state index in [9.17, 15) is 0 Å². The number of hydrogen-bond donors (Lipinski definition) is 1. The molecule has 0 fully saturated rings. The van der Waals surface area contributed by atoms with E-state index < -0.39 is 0 Å². The number of aliphatic hydroxyl groups is 1. The smallest absolute Gasteiger partial charge is 0.0781 e. The first-order valence-corrected chi connectivity index (χ1v) is 19.5. The summed E-state index contributed by atoms with van der Waals surface area (Å²) in [6, 6.07) is 0. The Labute approximate surface area is 300 Å². The molecule has 0 spiro atoms. The van der Waals surface area contributed by atoms with Crippen LogP contribution in [0.25, 0.3) is 0 Å². The zero-order valence-electron chi connectivity index (χ0n) is 32.5. The van der Waals surface area contributed by atoms with Gasteiger partial charge in [-0.05, 0) is 41.0 Å². The first kappa shape index (κ1) is 48.6. The van der Waals surface area contributed by atoms with E-state index >= 15 is 0 Å². The number of hydrogen-bond acceptors (Lipinski definition) is 11. The lowest BCUT2D eigenvalue weighted by molar-refractivity contribution is -0.101. The molecule has 5 atom stereocenters. The third-order valence-corrected chi connectivity index (χ3v) is 7.69. The standard InChI is InChI=1S/C38H78O11/c1-7-8-9-10-11-12-13-14-15-16-17-19-44-29-34(2)46-31-36(4)48-33-38(6)49-32-37(5)47-30-35(3)45-28-27-43-26-25-42-24-23-41-22-21-40-20-18-39/h34-39H,7-33H2,1-6H3. The molecule has 1 N–H and O–H groups in total. The van der Waals surface area contributed by atoms with Crippen LogP contribution in [0.1, 0.15) is 112 Å². The molecule has 0 saturated heterocycles. The Bertz CT molecular complexity index is 630. The molecule has 0 aliphatic rings. The van der Waals surface area contributed by atoms with Gasteiger partial charge in [0.1, 0.15) is 0 Å². The van der Waals surface area contributed by atoms with Crippen LogP contribution >= 0.6 is 0 Å². The zero-order chi connectivity index (χ0) is 36.0. The van der Waals surface area contributed by atoms with Crippen molar-refractivity contribution in [1.82, 2.24) is 0 Å². The molecule has 0 aromatic carbocycles. The lowest BCUT2D eigenvalue weighted by atomic mass is 10.1. The molecule has 0 radical (unpaired) electrons. The summed E-state index contributed by atoms with van der Waals surface area (Å²) in [6.45, 7) is 20.1. The van der Waals surface area contributed by atoms with E-state index in [4.69, 9.17) is 52.5 Å². The highest BCUT2D eigenvalue weighted by atomic mass is 16.6. The van der Waals surface area contributed by atoms with E-state index in [-0.39, 0.29) is 37.1 Å². The van der Waals surface area contributed by atoms with E-state index in [0.29, 0.717) is 92.5 Å². The Hall–Kier alpha value is -0.440. The van der Waals surface area contributed by atoms with E-state index in [1.165, 1.54) is 64.2 Å². The van der Waals surface area contributed by atoms with Crippen molar-refractivity contribution in [2.75, 3.05) is 106 Å². The van der Waals surface area contributed by atoms with Crippen LogP contribution in [-0.2, 0) is 47.4 Å². The number of rotatable bonds is 41. The number of aliphatic hydroxyl groups excluding tert-OH is 1. The second-order valence-electron chi connectivity index (χ2n) is 13.0. The average Bonchev–Trinajstić information content (AvgIpc) is 3.10. The van der Waals surface area contributed by atoms with Crippen molar-refractivity contribution in [3.8, 4) is 0 Å². The van der Waals surface area contributed by atoms with Gasteiger partial charge in [0.25, 0.3) is 0 Å². The Morgan fingerprint density at radius 1 is 0.327 bits per heavy atom. The minimum Gasteiger partial charge on any atom is -0.394 e. The van der Waals surface area contributed by atoms with Crippen molar-refractivity contribution in [3.05, 3.63) is 0 Å². The average molecular weight is 711 g/mol. The summed E-state index contributed by atoms with van der Waals surface area (Å²) >= 11 is 0. The van der Waals surface area contributed by atoms with Crippen molar-refractivity contribution in [3.63, 3.8) is 0 Å². The van der Waals surface area contributed by atoms with Gasteiger partial charge >= 0.3 is 0 Å². The van der Waals surface area contributed by atoms with Crippen molar-refractivity contribution < 1.29 is 52.5 Å². The molecule has 11 nitrogen and oxygen atoms in total. The van der Waals surface area contributed by atoms with Crippen molar-refractivity contribution in [2.24, 2.45) is 0 Å². The largest absolute Gasteiger partial charge is 0.394 e. The lowest BCUT2D eigenvalue weighted by Crippen LogP contribution is -2.29. The lowest BCUT2D eigenvalue weighted by Gasteiger charge is -2.22. The zero-order valence-corrected chi connectivity index (χ0v) is 32.5. The molecule has 0 aromatic heterocycles. The topological polar surface area (TPSA) is 113 Å². The van der Waals surface area contributed by atoms with Crippen LogP contribution in [0.4, 0.5) is 0 Å². The van der Waals surface area contributed by atoms with Gasteiger partial charge < -0.3 is 52.5 Å².